The Morgan fingerprint density at radius 3 is 2.70 bits per heavy atom. The van der Waals surface area contributed by atoms with E-state index in [9.17, 15) is 0 Å². The Kier molecular flexibility index (Phi) is 4.84. The highest BCUT2D eigenvalue weighted by Gasteiger charge is 2.53. The van der Waals surface area contributed by atoms with E-state index in [1.54, 1.807) is 0 Å². The minimum Gasteiger partial charge on any atom is -0.459 e. The molecule has 0 spiro atoms. The molecule has 0 amide bonds. The van der Waals surface area contributed by atoms with Gasteiger partial charge < -0.3 is 4.74 Å². The first kappa shape index (κ1) is 16.6. The number of amidine groups is 1. The molecule has 3 heteroatoms. The standard InChI is InChI=1S/C20H32N2O/c1-5-7-9-11-20(10-8-6-2)12-17-18(13-20)23-19-21-16(4)15(3)14-22(17)19/h14,17-18H,4-13H2,1-3H3/t17-,18+,20+/m1/s1. The van der Waals surface area contributed by atoms with E-state index in [1.165, 1.54) is 57.8 Å². The van der Waals surface area contributed by atoms with Crippen molar-refractivity contribution in [3.63, 3.8) is 0 Å². The van der Waals surface area contributed by atoms with Crippen LogP contribution in [0.5, 0.6) is 0 Å². The summed E-state index contributed by atoms with van der Waals surface area (Å²) in [5.74, 6) is 0. The second-order valence-electron chi connectivity index (χ2n) is 7.75. The van der Waals surface area contributed by atoms with Crippen molar-refractivity contribution in [1.82, 2.24) is 4.90 Å². The van der Waals surface area contributed by atoms with E-state index in [2.05, 4.69) is 43.4 Å². The van der Waals surface area contributed by atoms with Gasteiger partial charge in [0.15, 0.2) is 0 Å². The van der Waals surface area contributed by atoms with Gasteiger partial charge in [-0.15, -0.1) is 0 Å². The van der Waals surface area contributed by atoms with E-state index in [1.807, 2.05) is 0 Å². The van der Waals surface area contributed by atoms with Crippen LogP contribution in [0.4, 0.5) is 0 Å². The van der Waals surface area contributed by atoms with Crippen molar-refractivity contribution < 1.29 is 4.74 Å². The largest absolute Gasteiger partial charge is 0.459 e. The Bertz CT molecular complexity index is 522. The van der Waals surface area contributed by atoms with Gasteiger partial charge in [-0.25, -0.2) is 0 Å². The molecular formula is C20H32N2O. The molecule has 1 aliphatic carbocycles. The maximum atomic E-state index is 6.22. The Hall–Kier alpha value is -1.25. The Labute approximate surface area is 141 Å². The lowest BCUT2D eigenvalue weighted by molar-refractivity contribution is 0.164. The van der Waals surface area contributed by atoms with Gasteiger partial charge in [0, 0.05) is 6.20 Å². The van der Waals surface area contributed by atoms with Crippen LogP contribution in [0.1, 0.15) is 78.6 Å². The topological polar surface area (TPSA) is 24.8 Å². The second-order valence-corrected chi connectivity index (χ2v) is 7.75. The number of nitrogens with zero attached hydrogens (tertiary/aromatic N) is 2. The molecule has 0 aromatic heterocycles. The summed E-state index contributed by atoms with van der Waals surface area (Å²) in [5, 5.41) is 0. The molecular weight excluding hydrogens is 284 g/mol. The summed E-state index contributed by atoms with van der Waals surface area (Å²) in [7, 11) is 0. The SMILES string of the molecule is C=C1N=C2O[C@H]3C[C@@](CCCC)(CCCCC)C[C@H]3N2C=C1C. The minimum absolute atomic E-state index is 0.321. The molecule has 3 rings (SSSR count). The normalized spacial score (nSPS) is 32.3. The van der Waals surface area contributed by atoms with Crippen molar-refractivity contribution in [1.29, 1.82) is 0 Å². The van der Waals surface area contributed by atoms with Crippen LogP contribution in [-0.2, 0) is 4.74 Å². The number of rotatable bonds is 7. The highest BCUT2D eigenvalue weighted by Crippen LogP contribution is 2.51. The Balaban J connectivity index is 1.73. The fourth-order valence-electron chi connectivity index (χ4n) is 4.51. The monoisotopic (exact) mass is 316 g/mol. The molecule has 1 saturated heterocycles. The summed E-state index contributed by atoms with van der Waals surface area (Å²) >= 11 is 0. The average molecular weight is 316 g/mol. The van der Waals surface area contributed by atoms with Crippen molar-refractivity contribution in [2.24, 2.45) is 10.4 Å². The molecule has 2 heterocycles. The molecule has 0 N–H and O–H groups in total. The maximum Gasteiger partial charge on any atom is 0.297 e. The summed E-state index contributed by atoms with van der Waals surface area (Å²) in [6.45, 7) is 10.7. The molecule has 2 aliphatic heterocycles. The van der Waals surface area contributed by atoms with Crippen molar-refractivity contribution in [3.8, 4) is 0 Å². The van der Waals surface area contributed by atoms with Crippen molar-refractivity contribution >= 4 is 6.02 Å². The molecule has 3 nitrogen and oxygen atoms in total. The number of fused-ring (bicyclic) bond motifs is 3. The van der Waals surface area contributed by atoms with Crippen molar-refractivity contribution in [2.75, 3.05) is 0 Å². The fourth-order valence-corrected chi connectivity index (χ4v) is 4.51. The van der Waals surface area contributed by atoms with Gasteiger partial charge in [-0.3, -0.25) is 4.90 Å². The molecule has 3 atom stereocenters. The van der Waals surface area contributed by atoms with Gasteiger partial charge in [-0.05, 0) is 43.6 Å². The number of unbranched alkanes of at least 4 members (excludes halogenated alkanes) is 3. The molecule has 0 aromatic carbocycles. The Morgan fingerprint density at radius 1 is 1.22 bits per heavy atom. The third kappa shape index (κ3) is 3.20. The van der Waals surface area contributed by atoms with Crippen molar-refractivity contribution in [2.45, 2.75) is 90.7 Å². The van der Waals surface area contributed by atoms with Gasteiger partial charge in [0.2, 0.25) is 0 Å². The van der Waals surface area contributed by atoms with Crippen LogP contribution in [0, 0.1) is 5.41 Å². The maximum absolute atomic E-state index is 6.22. The molecule has 2 fully saturated rings. The Morgan fingerprint density at radius 2 is 1.96 bits per heavy atom. The predicted molar refractivity (Wildman–Crippen MR) is 96.2 cm³/mol. The van der Waals surface area contributed by atoms with Crippen LogP contribution in [0.3, 0.4) is 0 Å². The minimum atomic E-state index is 0.321. The number of hydrogen-bond acceptors (Lipinski definition) is 3. The van der Waals surface area contributed by atoms with Crippen LogP contribution >= 0.6 is 0 Å². The zero-order valence-electron chi connectivity index (χ0n) is 15.1. The first-order chi connectivity index (χ1) is 11.1. The van der Waals surface area contributed by atoms with Gasteiger partial charge in [0.05, 0.1) is 11.7 Å². The summed E-state index contributed by atoms with van der Waals surface area (Å²) in [5.41, 5.74) is 2.49. The smallest absolute Gasteiger partial charge is 0.297 e. The molecule has 0 aromatic rings. The van der Waals surface area contributed by atoms with E-state index in [0.717, 1.165) is 17.3 Å². The summed E-state index contributed by atoms with van der Waals surface area (Å²) in [6.07, 6.45) is 14.4. The van der Waals surface area contributed by atoms with E-state index in [-0.39, 0.29) is 0 Å². The van der Waals surface area contributed by atoms with Crippen LogP contribution in [-0.4, -0.2) is 23.1 Å². The van der Waals surface area contributed by atoms with Gasteiger partial charge in [-0.1, -0.05) is 52.5 Å². The van der Waals surface area contributed by atoms with Crippen molar-refractivity contribution in [3.05, 3.63) is 24.0 Å². The fraction of sp³-hybridized carbons (Fsp3) is 0.750. The van der Waals surface area contributed by atoms with Crippen LogP contribution in [0.2, 0.25) is 0 Å². The molecule has 0 radical (unpaired) electrons. The summed E-state index contributed by atoms with van der Waals surface area (Å²) in [4.78, 5) is 6.84. The first-order valence-electron chi connectivity index (χ1n) is 9.50. The number of aliphatic imine (C=N–C) groups is 1. The molecule has 0 unspecified atom stereocenters. The third-order valence-corrected chi connectivity index (χ3v) is 5.93. The van der Waals surface area contributed by atoms with Gasteiger partial charge >= 0.3 is 0 Å². The molecule has 0 bridgehead atoms. The third-order valence-electron chi connectivity index (χ3n) is 5.93. The van der Waals surface area contributed by atoms with E-state index >= 15 is 0 Å². The molecule has 1 saturated carbocycles. The molecule has 128 valence electrons. The van der Waals surface area contributed by atoms with E-state index < -0.39 is 0 Å². The van der Waals surface area contributed by atoms with Gasteiger partial charge in [-0.2, -0.15) is 4.99 Å². The number of ether oxygens (including phenoxy) is 1. The quantitative estimate of drug-likeness (QED) is 0.588. The summed E-state index contributed by atoms with van der Waals surface area (Å²) in [6, 6.07) is 1.27. The van der Waals surface area contributed by atoms with E-state index in [0.29, 0.717) is 17.6 Å². The van der Waals surface area contributed by atoms with Gasteiger partial charge in [0.1, 0.15) is 6.10 Å². The first-order valence-corrected chi connectivity index (χ1v) is 9.50. The number of hydrogen-bond donors (Lipinski definition) is 0. The zero-order valence-corrected chi connectivity index (χ0v) is 15.1. The molecule has 23 heavy (non-hydrogen) atoms. The second kappa shape index (κ2) is 6.70. The highest BCUT2D eigenvalue weighted by atomic mass is 16.5. The van der Waals surface area contributed by atoms with Crippen LogP contribution in [0.15, 0.2) is 29.0 Å². The van der Waals surface area contributed by atoms with Crippen LogP contribution < -0.4 is 0 Å². The number of allylic oxidation sites excluding steroid dienone is 1. The van der Waals surface area contributed by atoms with Crippen LogP contribution in [0.25, 0.3) is 0 Å². The average Bonchev–Trinajstić information content (AvgIpc) is 3.02. The lowest BCUT2D eigenvalue weighted by atomic mass is 9.76. The van der Waals surface area contributed by atoms with Gasteiger partial charge in [0.25, 0.3) is 6.02 Å². The zero-order chi connectivity index (χ0) is 16.4. The molecule has 3 aliphatic rings. The highest BCUT2D eigenvalue weighted by molar-refractivity contribution is 5.81. The lowest BCUT2D eigenvalue weighted by Gasteiger charge is -2.32. The predicted octanol–water partition coefficient (Wildman–Crippen LogP) is 5.39. The van der Waals surface area contributed by atoms with E-state index in [4.69, 9.17) is 4.74 Å². The lowest BCUT2D eigenvalue weighted by Crippen LogP contribution is -2.33. The summed E-state index contributed by atoms with van der Waals surface area (Å²) < 4.78 is 6.22.